The number of nitrogens with two attached hydrogens (primary N) is 1. The van der Waals surface area contributed by atoms with Crippen molar-refractivity contribution < 1.29 is 18.3 Å². The average Bonchev–Trinajstić information content (AvgIpc) is 2.44. The van der Waals surface area contributed by atoms with E-state index in [1.807, 2.05) is 0 Å². The Hall–Kier alpha value is -2.77. The molecule has 0 aliphatic rings. The molecule has 0 saturated heterocycles. The van der Waals surface area contributed by atoms with Gasteiger partial charge in [0.15, 0.2) is 17.3 Å². The summed E-state index contributed by atoms with van der Waals surface area (Å²) in [5.41, 5.74) is 5.01. The Morgan fingerprint density at radius 2 is 1.90 bits per heavy atom. The molecule has 110 valence electrons. The molecule has 0 bridgehead atoms. The first kappa shape index (κ1) is 14.6. The van der Waals surface area contributed by atoms with E-state index in [-0.39, 0.29) is 28.9 Å². The number of rotatable bonds is 3. The van der Waals surface area contributed by atoms with Crippen LogP contribution in [0.2, 0.25) is 0 Å². The zero-order chi connectivity index (χ0) is 15.6. The molecule has 1 amide bonds. The Labute approximate surface area is 119 Å². The summed E-state index contributed by atoms with van der Waals surface area (Å²) < 4.78 is 31.9. The third-order valence-electron chi connectivity index (χ3n) is 2.53. The normalized spacial score (nSPS) is 10.3. The lowest BCUT2D eigenvalue weighted by Crippen LogP contribution is -2.23. The number of ether oxygens (including phenoxy) is 1. The SMILES string of the molecule is CN(C)C(=O)c1ccc(Oc2cc(F)c(N)cc2F)nn1. The second kappa shape index (κ2) is 5.70. The fourth-order valence-corrected chi connectivity index (χ4v) is 1.45. The Morgan fingerprint density at radius 3 is 2.48 bits per heavy atom. The predicted molar refractivity (Wildman–Crippen MR) is 70.9 cm³/mol. The quantitative estimate of drug-likeness (QED) is 0.873. The van der Waals surface area contributed by atoms with E-state index >= 15 is 0 Å². The van der Waals surface area contributed by atoms with Crippen LogP contribution in [0.25, 0.3) is 0 Å². The molecule has 0 saturated carbocycles. The van der Waals surface area contributed by atoms with Gasteiger partial charge in [0, 0.05) is 32.3 Å². The molecule has 6 nitrogen and oxygen atoms in total. The molecular formula is C13H12F2N4O2. The fraction of sp³-hybridized carbons (Fsp3) is 0.154. The summed E-state index contributed by atoms with van der Waals surface area (Å²) in [6, 6.07) is 4.32. The number of benzene rings is 1. The van der Waals surface area contributed by atoms with Gasteiger partial charge in [0.1, 0.15) is 5.82 Å². The first-order chi connectivity index (χ1) is 9.88. The molecule has 8 heteroatoms. The van der Waals surface area contributed by atoms with Gasteiger partial charge < -0.3 is 15.4 Å². The van der Waals surface area contributed by atoms with Crippen LogP contribution in [0.3, 0.4) is 0 Å². The van der Waals surface area contributed by atoms with Gasteiger partial charge in [-0.1, -0.05) is 0 Å². The standard InChI is InChI=1S/C13H12F2N4O2/c1-19(2)13(20)10-3-4-12(18-17-10)21-11-6-7(14)9(16)5-8(11)15/h3-6H,16H2,1-2H3. The molecule has 0 unspecified atom stereocenters. The number of carbonyl (C=O) groups is 1. The lowest BCUT2D eigenvalue weighted by Gasteiger charge is -2.09. The number of anilines is 1. The van der Waals surface area contributed by atoms with Gasteiger partial charge in [0.25, 0.3) is 5.91 Å². The van der Waals surface area contributed by atoms with Crippen molar-refractivity contribution in [1.82, 2.24) is 15.1 Å². The number of nitrogen functional groups attached to an aromatic ring is 1. The number of aromatic nitrogens is 2. The molecule has 0 atom stereocenters. The van der Waals surface area contributed by atoms with Crippen LogP contribution in [0.5, 0.6) is 11.6 Å². The zero-order valence-corrected chi connectivity index (χ0v) is 11.3. The Kier molecular flexibility index (Phi) is 3.97. The van der Waals surface area contributed by atoms with Crippen molar-refractivity contribution in [2.75, 3.05) is 19.8 Å². The van der Waals surface area contributed by atoms with Crippen molar-refractivity contribution in [2.24, 2.45) is 0 Å². The van der Waals surface area contributed by atoms with Crippen LogP contribution in [-0.2, 0) is 0 Å². The smallest absolute Gasteiger partial charge is 0.273 e. The fourth-order valence-electron chi connectivity index (χ4n) is 1.45. The molecular weight excluding hydrogens is 282 g/mol. The highest BCUT2D eigenvalue weighted by Gasteiger charge is 2.13. The number of halogens is 2. The highest BCUT2D eigenvalue weighted by molar-refractivity contribution is 5.91. The minimum atomic E-state index is -0.829. The second-order valence-corrected chi connectivity index (χ2v) is 4.36. The monoisotopic (exact) mass is 294 g/mol. The molecule has 0 aliphatic heterocycles. The molecule has 2 N–H and O–H groups in total. The van der Waals surface area contributed by atoms with Crippen LogP contribution in [0.1, 0.15) is 10.5 Å². The number of nitrogens with zero attached hydrogens (tertiary/aromatic N) is 3. The van der Waals surface area contributed by atoms with Crippen molar-refractivity contribution in [1.29, 1.82) is 0 Å². The molecule has 2 aromatic rings. The molecule has 0 fully saturated rings. The Bertz CT molecular complexity index is 675. The zero-order valence-electron chi connectivity index (χ0n) is 11.3. The van der Waals surface area contributed by atoms with Gasteiger partial charge in [-0.2, -0.15) is 0 Å². The van der Waals surface area contributed by atoms with Gasteiger partial charge in [0.2, 0.25) is 5.88 Å². The molecule has 0 radical (unpaired) electrons. The summed E-state index contributed by atoms with van der Waals surface area (Å²) in [5, 5.41) is 7.29. The number of amides is 1. The number of hydrogen-bond acceptors (Lipinski definition) is 5. The summed E-state index contributed by atoms with van der Waals surface area (Å²) >= 11 is 0. The van der Waals surface area contributed by atoms with Crippen LogP contribution >= 0.6 is 0 Å². The first-order valence-corrected chi connectivity index (χ1v) is 5.86. The van der Waals surface area contributed by atoms with Gasteiger partial charge in [-0.15, -0.1) is 10.2 Å². The Morgan fingerprint density at radius 1 is 1.19 bits per heavy atom. The third kappa shape index (κ3) is 3.22. The third-order valence-corrected chi connectivity index (χ3v) is 2.53. The summed E-state index contributed by atoms with van der Waals surface area (Å²) in [7, 11) is 3.14. The van der Waals surface area contributed by atoms with E-state index in [9.17, 15) is 13.6 Å². The van der Waals surface area contributed by atoms with E-state index in [1.165, 1.54) is 17.0 Å². The summed E-state index contributed by atoms with van der Waals surface area (Å²) in [5.74, 6) is -2.42. The molecule has 21 heavy (non-hydrogen) atoms. The van der Waals surface area contributed by atoms with Crippen molar-refractivity contribution in [3.63, 3.8) is 0 Å². The Balaban J connectivity index is 2.21. The topological polar surface area (TPSA) is 81.3 Å². The van der Waals surface area contributed by atoms with E-state index in [0.717, 1.165) is 12.1 Å². The minimum absolute atomic E-state index is 0.0756. The van der Waals surface area contributed by atoms with Gasteiger partial charge in [-0.25, -0.2) is 8.78 Å². The van der Waals surface area contributed by atoms with E-state index in [2.05, 4.69) is 10.2 Å². The summed E-state index contributed by atoms with van der Waals surface area (Å²) in [4.78, 5) is 12.9. The second-order valence-electron chi connectivity index (χ2n) is 4.36. The highest BCUT2D eigenvalue weighted by atomic mass is 19.1. The van der Waals surface area contributed by atoms with Gasteiger partial charge in [-0.05, 0) is 6.07 Å². The number of hydrogen-bond donors (Lipinski definition) is 1. The molecule has 2 rings (SSSR count). The molecule has 1 aromatic heterocycles. The van der Waals surface area contributed by atoms with Gasteiger partial charge in [-0.3, -0.25) is 4.79 Å². The van der Waals surface area contributed by atoms with Crippen molar-refractivity contribution >= 4 is 11.6 Å². The molecule has 0 spiro atoms. The molecule has 1 heterocycles. The van der Waals surface area contributed by atoms with Gasteiger partial charge >= 0.3 is 0 Å². The van der Waals surface area contributed by atoms with Crippen molar-refractivity contribution in [3.05, 3.63) is 41.6 Å². The largest absolute Gasteiger partial charge is 0.434 e. The van der Waals surface area contributed by atoms with Crippen LogP contribution in [0.4, 0.5) is 14.5 Å². The first-order valence-electron chi connectivity index (χ1n) is 5.86. The van der Waals surface area contributed by atoms with Crippen molar-refractivity contribution in [2.45, 2.75) is 0 Å². The predicted octanol–water partition coefficient (Wildman–Crippen LogP) is 1.83. The molecule has 1 aromatic carbocycles. The van der Waals surface area contributed by atoms with Crippen LogP contribution in [0.15, 0.2) is 24.3 Å². The van der Waals surface area contributed by atoms with Crippen molar-refractivity contribution in [3.8, 4) is 11.6 Å². The maximum atomic E-state index is 13.5. The minimum Gasteiger partial charge on any atom is -0.434 e. The van der Waals surface area contributed by atoms with Gasteiger partial charge in [0.05, 0.1) is 5.69 Å². The highest BCUT2D eigenvalue weighted by Crippen LogP contribution is 2.26. The van der Waals surface area contributed by atoms with E-state index in [4.69, 9.17) is 10.5 Å². The van der Waals surface area contributed by atoms with E-state index in [0.29, 0.717) is 0 Å². The summed E-state index contributed by atoms with van der Waals surface area (Å²) in [6.45, 7) is 0. The summed E-state index contributed by atoms with van der Waals surface area (Å²) in [6.07, 6.45) is 0. The van der Waals surface area contributed by atoms with E-state index in [1.54, 1.807) is 14.1 Å². The lowest BCUT2D eigenvalue weighted by molar-refractivity contribution is 0.0820. The number of carbonyl (C=O) groups excluding carboxylic acids is 1. The van der Waals surface area contributed by atoms with Crippen LogP contribution in [-0.4, -0.2) is 35.1 Å². The average molecular weight is 294 g/mol. The maximum Gasteiger partial charge on any atom is 0.273 e. The molecule has 0 aliphatic carbocycles. The van der Waals surface area contributed by atoms with Crippen LogP contribution in [0, 0.1) is 11.6 Å². The lowest BCUT2D eigenvalue weighted by atomic mass is 10.3. The van der Waals surface area contributed by atoms with E-state index < -0.39 is 11.6 Å². The van der Waals surface area contributed by atoms with Crippen LogP contribution < -0.4 is 10.5 Å². The maximum absolute atomic E-state index is 13.5.